The lowest BCUT2D eigenvalue weighted by Gasteiger charge is -2.17. The predicted molar refractivity (Wildman–Crippen MR) is 79.4 cm³/mol. The van der Waals surface area contributed by atoms with Crippen molar-refractivity contribution >= 4 is 11.9 Å². The van der Waals surface area contributed by atoms with Crippen molar-refractivity contribution in [3.63, 3.8) is 0 Å². The van der Waals surface area contributed by atoms with E-state index in [9.17, 15) is 9.59 Å². The second kappa shape index (κ2) is 5.29. The zero-order valence-corrected chi connectivity index (χ0v) is 12.2. The van der Waals surface area contributed by atoms with Crippen LogP contribution in [0.15, 0.2) is 42.7 Å². The molecule has 6 nitrogen and oxygen atoms in total. The Bertz CT molecular complexity index is 688. The number of hydrogen-bond donors (Lipinski definition) is 2. The number of aliphatic carboxylic acids is 1. The Kier molecular flexibility index (Phi) is 3.44. The number of hydrogen-bond acceptors (Lipinski definition) is 3. The smallest absolute Gasteiger partial charge is 0.319 e. The van der Waals surface area contributed by atoms with Gasteiger partial charge < -0.3 is 10.4 Å². The third kappa shape index (κ3) is 2.47. The molecule has 0 radical (unpaired) electrons. The Morgan fingerprint density at radius 1 is 1.32 bits per heavy atom. The number of carbonyl (C=O) groups excluding carboxylic acids is 1. The zero-order valence-electron chi connectivity index (χ0n) is 12.2. The van der Waals surface area contributed by atoms with Gasteiger partial charge in [-0.1, -0.05) is 12.1 Å². The number of rotatable bonds is 5. The fraction of sp³-hybridized carbons (Fsp3) is 0.312. The van der Waals surface area contributed by atoms with E-state index < -0.39 is 17.3 Å². The molecule has 1 atom stereocenters. The van der Waals surface area contributed by atoms with E-state index in [1.165, 1.54) is 0 Å². The summed E-state index contributed by atoms with van der Waals surface area (Å²) in [5, 5.41) is 16.1. The summed E-state index contributed by atoms with van der Waals surface area (Å²) in [5.74, 6) is -1.44. The summed E-state index contributed by atoms with van der Waals surface area (Å²) >= 11 is 0. The highest BCUT2D eigenvalue weighted by molar-refractivity contribution is 6.04. The van der Waals surface area contributed by atoms with Gasteiger partial charge in [-0.2, -0.15) is 5.10 Å². The van der Waals surface area contributed by atoms with Gasteiger partial charge in [0, 0.05) is 12.4 Å². The van der Waals surface area contributed by atoms with E-state index in [-0.39, 0.29) is 6.04 Å². The molecule has 1 heterocycles. The summed E-state index contributed by atoms with van der Waals surface area (Å²) in [5.41, 5.74) is 0.644. The van der Waals surface area contributed by atoms with Gasteiger partial charge >= 0.3 is 5.97 Å². The topological polar surface area (TPSA) is 84.2 Å². The van der Waals surface area contributed by atoms with Crippen molar-refractivity contribution in [2.75, 3.05) is 0 Å². The van der Waals surface area contributed by atoms with E-state index in [1.807, 2.05) is 43.5 Å². The van der Waals surface area contributed by atoms with Crippen LogP contribution in [-0.4, -0.2) is 26.8 Å². The number of carboxylic acids is 1. The molecular weight excluding hydrogens is 282 g/mol. The number of carboxylic acid groups (broad SMARTS) is 1. The third-order valence-electron chi connectivity index (χ3n) is 4.10. The van der Waals surface area contributed by atoms with Gasteiger partial charge in [0.2, 0.25) is 5.91 Å². The lowest BCUT2D eigenvalue weighted by atomic mass is 10.0. The van der Waals surface area contributed by atoms with E-state index in [0.29, 0.717) is 12.8 Å². The van der Waals surface area contributed by atoms with Crippen LogP contribution in [0.3, 0.4) is 0 Å². The standard InChI is InChI=1S/C16H17N3O3/c1-11(18-14(20)16(7-8-16)15(21)22)12-3-5-13(6-4-12)19-10-2-9-17-19/h2-6,9-11H,7-8H2,1H3,(H,18,20)(H,21,22). The van der Waals surface area contributed by atoms with Crippen LogP contribution >= 0.6 is 0 Å². The molecule has 22 heavy (non-hydrogen) atoms. The highest BCUT2D eigenvalue weighted by Gasteiger charge is 2.57. The predicted octanol–water partition coefficient (Wildman–Crippen LogP) is 1.91. The van der Waals surface area contributed by atoms with Crippen LogP contribution in [-0.2, 0) is 9.59 Å². The van der Waals surface area contributed by atoms with E-state index in [2.05, 4.69) is 10.4 Å². The molecule has 3 rings (SSSR count). The first-order valence-corrected chi connectivity index (χ1v) is 7.17. The number of amides is 1. The van der Waals surface area contributed by atoms with Crippen molar-refractivity contribution in [2.45, 2.75) is 25.8 Å². The van der Waals surface area contributed by atoms with Crippen molar-refractivity contribution in [1.29, 1.82) is 0 Å². The van der Waals surface area contributed by atoms with Crippen LogP contribution in [0.25, 0.3) is 5.69 Å². The molecule has 0 spiro atoms. The van der Waals surface area contributed by atoms with Gasteiger partial charge in [0.05, 0.1) is 11.7 Å². The first kappa shape index (κ1) is 14.3. The van der Waals surface area contributed by atoms with Crippen molar-refractivity contribution in [2.24, 2.45) is 5.41 Å². The average molecular weight is 299 g/mol. The fourth-order valence-corrected chi connectivity index (χ4v) is 2.42. The van der Waals surface area contributed by atoms with Crippen molar-refractivity contribution in [1.82, 2.24) is 15.1 Å². The molecule has 2 aromatic rings. The highest BCUT2D eigenvalue weighted by Crippen LogP contribution is 2.46. The second-order valence-corrected chi connectivity index (χ2v) is 5.62. The fourth-order valence-electron chi connectivity index (χ4n) is 2.42. The van der Waals surface area contributed by atoms with Gasteiger partial charge in [-0.05, 0) is 43.5 Å². The molecule has 1 aliphatic rings. The minimum atomic E-state index is -1.21. The van der Waals surface area contributed by atoms with Gasteiger partial charge in [-0.25, -0.2) is 4.68 Å². The number of benzene rings is 1. The number of nitrogens with zero attached hydrogens (tertiary/aromatic N) is 2. The normalized spacial score (nSPS) is 16.8. The van der Waals surface area contributed by atoms with Gasteiger partial charge in [0.15, 0.2) is 0 Å². The lowest BCUT2D eigenvalue weighted by molar-refractivity contribution is -0.149. The zero-order chi connectivity index (χ0) is 15.7. The van der Waals surface area contributed by atoms with Crippen LogP contribution in [0.2, 0.25) is 0 Å². The number of nitrogens with one attached hydrogen (secondary N) is 1. The number of carbonyl (C=O) groups is 2. The molecule has 1 aromatic heterocycles. The van der Waals surface area contributed by atoms with Crippen LogP contribution in [0, 0.1) is 5.41 Å². The molecule has 1 fully saturated rings. The average Bonchev–Trinajstić information content (AvgIpc) is 3.16. The molecule has 0 bridgehead atoms. The Labute approximate surface area is 127 Å². The van der Waals surface area contributed by atoms with Crippen LogP contribution < -0.4 is 5.32 Å². The summed E-state index contributed by atoms with van der Waals surface area (Å²) < 4.78 is 1.75. The lowest BCUT2D eigenvalue weighted by Crippen LogP contribution is -2.38. The maximum absolute atomic E-state index is 12.1. The van der Waals surface area contributed by atoms with E-state index in [0.717, 1.165) is 11.3 Å². The van der Waals surface area contributed by atoms with Gasteiger partial charge in [-0.3, -0.25) is 9.59 Å². The third-order valence-corrected chi connectivity index (χ3v) is 4.10. The van der Waals surface area contributed by atoms with Crippen molar-refractivity contribution in [3.05, 3.63) is 48.3 Å². The van der Waals surface area contributed by atoms with E-state index in [1.54, 1.807) is 10.9 Å². The maximum Gasteiger partial charge on any atom is 0.319 e. The Hall–Kier alpha value is -2.63. The molecule has 1 aliphatic carbocycles. The second-order valence-electron chi connectivity index (χ2n) is 5.62. The van der Waals surface area contributed by atoms with Crippen molar-refractivity contribution < 1.29 is 14.7 Å². The molecule has 0 aliphatic heterocycles. The SMILES string of the molecule is CC(NC(=O)C1(C(=O)O)CC1)c1ccc(-n2cccn2)cc1. The number of aromatic nitrogens is 2. The van der Waals surface area contributed by atoms with Crippen LogP contribution in [0.1, 0.15) is 31.4 Å². The monoisotopic (exact) mass is 299 g/mol. The molecule has 1 aromatic carbocycles. The Morgan fingerprint density at radius 3 is 2.50 bits per heavy atom. The maximum atomic E-state index is 12.1. The van der Waals surface area contributed by atoms with Crippen LogP contribution in [0.5, 0.6) is 0 Å². The summed E-state index contributed by atoms with van der Waals surface area (Å²) in [6, 6.07) is 9.24. The molecule has 114 valence electrons. The van der Waals surface area contributed by atoms with Crippen LogP contribution in [0.4, 0.5) is 0 Å². The summed E-state index contributed by atoms with van der Waals surface area (Å²) in [4.78, 5) is 23.2. The summed E-state index contributed by atoms with van der Waals surface area (Å²) in [7, 11) is 0. The molecule has 2 N–H and O–H groups in total. The largest absolute Gasteiger partial charge is 0.480 e. The minimum absolute atomic E-state index is 0.240. The highest BCUT2D eigenvalue weighted by atomic mass is 16.4. The van der Waals surface area contributed by atoms with E-state index >= 15 is 0 Å². The van der Waals surface area contributed by atoms with Gasteiger partial charge in [-0.15, -0.1) is 0 Å². The van der Waals surface area contributed by atoms with Gasteiger partial charge in [0.1, 0.15) is 5.41 Å². The van der Waals surface area contributed by atoms with E-state index in [4.69, 9.17) is 5.11 Å². The first-order chi connectivity index (χ1) is 10.5. The Balaban J connectivity index is 1.69. The quantitative estimate of drug-likeness (QED) is 0.826. The first-order valence-electron chi connectivity index (χ1n) is 7.17. The van der Waals surface area contributed by atoms with Gasteiger partial charge in [0.25, 0.3) is 0 Å². The molecule has 1 amide bonds. The summed E-state index contributed by atoms with van der Waals surface area (Å²) in [6.45, 7) is 1.85. The van der Waals surface area contributed by atoms with Crippen molar-refractivity contribution in [3.8, 4) is 5.69 Å². The molecular formula is C16H17N3O3. The molecule has 1 saturated carbocycles. The minimum Gasteiger partial charge on any atom is -0.480 e. The molecule has 0 saturated heterocycles. The molecule has 6 heteroatoms. The molecule has 1 unspecified atom stereocenters. The summed E-state index contributed by atoms with van der Waals surface area (Å²) in [6.07, 6.45) is 4.39. The Morgan fingerprint density at radius 2 is 2.00 bits per heavy atom.